The number of urea groups is 1. The highest BCUT2D eigenvalue weighted by atomic mass is 35.5. The monoisotopic (exact) mass is 334 g/mol. The maximum atomic E-state index is 12.2. The summed E-state index contributed by atoms with van der Waals surface area (Å²) in [4.78, 5) is 16.5. The number of halogens is 1. The van der Waals surface area contributed by atoms with Gasteiger partial charge < -0.3 is 15.2 Å². The molecule has 0 saturated heterocycles. The van der Waals surface area contributed by atoms with Gasteiger partial charge in [0.15, 0.2) is 0 Å². The largest absolute Gasteiger partial charge is 0.338 e. The molecule has 0 saturated carbocycles. The normalized spacial score (nSPS) is 12.0. The molecule has 1 unspecified atom stereocenters. The van der Waals surface area contributed by atoms with Crippen LogP contribution in [0.15, 0.2) is 36.7 Å². The van der Waals surface area contributed by atoms with Crippen LogP contribution < -0.4 is 10.6 Å². The van der Waals surface area contributed by atoms with Gasteiger partial charge in [0.2, 0.25) is 0 Å². The van der Waals surface area contributed by atoms with Crippen LogP contribution >= 0.6 is 11.6 Å². The predicted molar refractivity (Wildman–Crippen MR) is 92.6 cm³/mol. The number of nitrogens with one attached hydrogen (secondary N) is 2. The van der Waals surface area contributed by atoms with Crippen molar-refractivity contribution in [3.63, 3.8) is 0 Å². The molecule has 0 fully saturated rings. The van der Waals surface area contributed by atoms with E-state index < -0.39 is 0 Å². The van der Waals surface area contributed by atoms with Gasteiger partial charge in [-0.15, -0.1) is 0 Å². The van der Waals surface area contributed by atoms with E-state index in [0.717, 1.165) is 30.7 Å². The second-order valence-corrected chi connectivity index (χ2v) is 5.92. The van der Waals surface area contributed by atoms with E-state index in [4.69, 9.17) is 11.6 Å². The number of hydrogen-bond acceptors (Lipinski definition) is 2. The molecule has 1 aromatic carbocycles. The average molecular weight is 335 g/mol. The van der Waals surface area contributed by atoms with Crippen molar-refractivity contribution in [2.24, 2.45) is 7.05 Å². The van der Waals surface area contributed by atoms with Crippen molar-refractivity contribution in [3.05, 3.63) is 53.1 Å². The molecule has 23 heavy (non-hydrogen) atoms. The Labute approximate surface area is 142 Å². The Morgan fingerprint density at radius 1 is 1.30 bits per heavy atom. The smallest absolute Gasteiger partial charge is 0.315 e. The third-order valence-electron chi connectivity index (χ3n) is 3.66. The summed E-state index contributed by atoms with van der Waals surface area (Å²) in [5.41, 5.74) is 0.937. The third-order valence-corrected chi connectivity index (χ3v) is 3.91. The maximum absolute atomic E-state index is 12.2. The topological polar surface area (TPSA) is 59.0 Å². The van der Waals surface area contributed by atoms with E-state index in [0.29, 0.717) is 11.6 Å². The van der Waals surface area contributed by atoms with Crippen molar-refractivity contribution in [2.75, 3.05) is 6.54 Å². The lowest BCUT2D eigenvalue weighted by atomic mass is 10.1. The average Bonchev–Trinajstić information content (AvgIpc) is 2.96. The van der Waals surface area contributed by atoms with Crippen LogP contribution in [0.4, 0.5) is 4.79 Å². The molecule has 5 nitrogen and oxygen atoms in total. The molecule has 2 aromatic rings. The number of unbranched alkanes of at least 4 members (excludes halogenated alkanes) is 2. The van der Waals surface area contributed by atoms with Crippen LogP contribution in [0.1, 0.15) is 43.6 Å². The van der Waals surface area contributed by atoms with E-state index in [9.17, 15) is 4.79 Å². The zero-order valence-electron chi connectivity index (χ0n) is 13.6. The summed E-state index contributed by atoms with van der Waals surface area (Å²) in [6.07, 6.45) is 6.81. The van der Waals surface area contributed by atoms with Crippen molar-refractivity contribution < 1.29 is 4.79 Å². The van der Waals surface area contributed by atoms with E-state index >= 15 is 0 Å². The lowest BCUT2D eigenvalue weighted by Gasteiger charge is -2.19. The van der Waals surface area contributed by atoms with Gasteiger partial charge in [0, 0.05) is 31.0 Å². The molecule has 0 aliphatic carbocycles. The summed E-state index contributed by atoms with van der Waals surface area (Å²) in [5.74, 6) is 0.774. The third kappa shape index (κ3) is 4.99. The van der Waals surface area contributed by atoms with Gasteiger partial charge in [-0.1, -0.05) is 43.5 Å². The Hall–Kier alpha value is -2.01. The number of aromatic nitrogens is 2. The number of carbonyl (C=O) groups excluding carboxylic acids is 1. The van der Waals surface area contributed by atoms with E-state index in [1.807, 2.05) is 42.1 Å². The molecular weight excluding hydrogens is 312 g/mol. The molecule has 0 aliphatic rings. The van der Waals surface area contributed by atoms with Crippen molar-refractivity contribution >= 4 is 17.6 Å². The summed E-state index contributed by atoms with van der Waals surface area (Å²) in [6.45, 7) is 2.81. The van der Waals surface area contributed by atoms with Gasteiger partial charge in [0.25, 0.3) is 0 Å². The first-order valence-electron chi connectivity index (χ1n) is 7.89. The van der Waals surface area contributed by atoms with Crippen molar-refractivity contribution in [1.82, 2.24) is 20.2 Å². The number of aryl methyl sites for hydroxylation is 1. The van der Waals surface area contributed by atoms with Crippen LogP contribution in [-0.4, -0.2) is 22.1 Å². The Morgan fingerprint density at radius 2 is 2.04 bits per heavy atom. The second-order valence-electron chi connectivity index (χ2n) is 5.49. The van der Waals surface area contributed by atoms with Crippen LogP contribution in [0.3, 0.4) is 0 Å². The number of benzene rings is 1. The standard InChI is InChI=1S/C17H23ClN4O/c1-3-4-5-10-20-17(23)21-15(16-19-11-12-22(16)2)13-6-8-14(18)9-7-13/h6-9,11-12,15H,3-5,10H2,1-2H3,(H2,20,21,23). The minimum atomic E-state index is -0.321. The summed E-state index contributed by atoms with van der Waals surface area (Å²) in [6, 6.07) is 6.92. The lowest BCUT2D eigenvalue weighted by molar-refractivity contribution is 0.238. The Bertz CT molecular complexity index is 624. The first kappa shape index (κ1) is 17.3. The predicted octanol–water partition coefficient (Wildman–Crippen LogP) is 3.65. The molecule has 2 amide bonds. The molecule has 0 aliphatic heterocycles. The maximum Gasteiger partial charge on any atom is 0.315 e. The molecule has 124 valence electrons. The highest BCUT2D eigenvalue weighted by molar-refractivity contribution is 6.30. The Morgan fingerprint density at radius 3 is 2.65 bits per heavy atom. The Kier molecular flexibility index (Phi) is 6.47. The molecule has 0 spiro atoms. The summed E-state index contributed by atoms with van der Waals surface area (Å²) in [7, 11) is 1.91. The van der Waals surface area contributed by atoms with E-state index in [1.165, 1.54) is 0 Å². The number of nitrogens with zero attached hydrogens (tertiary/aromatic N) is 2. The van der Waals surface area contributed by atoms with E-state index in [2.05, 4.69) is 22.5 Å². The molecule has 2 rings (SSSR count). The highest BCUT2D eigenvalue weighted by Gasteiger charge is 2.20. The Balaban J connectivity index is 2.10. The van der Waals surface area contributed by atoms with Gasteiger partial charge in [-0.2, -0.15) is 0 Å². The zero-order chi connectivity index (χ0) is 16.7. The fourth-order valence-electron chi connectivity index (χ4n) is 2.37. The molecule has 1 atom stereocenters. The van der Waals surface area contributed by atoms with Gasteiger partial charge in [-0.25, -0.2) is 9.78 Å². The van der Waals surface area contributed by atoms with Gasteiger partial charge in [0.1, 0.15) is 11.9 Å². The van der Waals surface area contributed by atoms with Crippen molar-refractivity contribution in [3.8, 4) is 0 Å². The molecule has 6 heteroatoms. The van der Waals surface area contributed by atoms with Crippen LogP contribution in [0.25, 0.3) is 0 Å². The van der Waals surface area contributed by atoms with Gasteiger partial charge in [0.05, 0.1) is 0 Å². The fraction of sp³-hybridized carbons (Fsp3) is 0.412. The van der Waals surface area contributed by atoms with Crippen LogP contribution in [0.2, 0.25) is 5.02 Å². The number of hydrogen-bond donors (Lipinski definition) is 2. The summed E-state index contributed by atoms with van der Waals surface area (Å²) >= 11 is 5.96. The summed E-state index contributed by atoms with van der Waals surface area (Å²) in [5, 5.41) is 6.56. The SMILES string of the molecule is CCCCCNC(=O)NC(c1ccc(Cl)cc1)c1nccn1C. The minimum absolute atomic E-state index is 0.191. The van der Waals surface area contributed by atoms with Crippen LogP contribution in [0, 0.1) is 0 Å². The quantitative estimate of drug-likeness (QED) is 0.759. The first-order valence-corrected chi connectivity index (χ1v) is 8.26. The molecule has 0 radical (unpaired) electrons. The van der Waals surface area contributed by atoms with Gasteiger partial charge in [-0.3, -0.25) is 0 Å². The van der Waals surface area contributed by atoms with Gasteiger partial charge in [-0.05, 0) is 24.1 Å². The first-order chi connectivity index (χ1) is 11.1. The molecule has 1 aromatic heterocycles. The minimum Gasteiger partial charge on any atom is -0.338 e. The van der Waals surface area contributed by atoms with Crippen molar-refractivity contribution in [1.29, 1.82) is 0 Å². The molecule has 2 N–H and O–H groups in total. The second kappa shape index (κ2) is 8.58. The van der Waals surface area contributed by atoms with E-state index in [1.54, 1.807) is 6.20 Å². The molecular formula is C17H23ClN4O. The molecule has 1 heterocycles. The lowest BCUT2D eigenvalue weighted by Crippen LogP contribution is -2.39. The fourth-order valence-corrected chi connectivity index (χ4v) is 2.49. The van der Waals surface area contributed by atoms with E-state index in [-0.39, 0.29) is 12.1 Å². The van der Waals surface area contributed by atoms with Gasteiger partial charge >= 0.3 is 6.03 Å². The number of rotatable bonds is 7. The summed E-state index contributed by atoms with van der Waals surface area (Å²) < 4.78 is 1.90. The zero-order valence-corrected chi connectivity index (χ0v) is 14.3. The number of amides is 2. The number of imidazole rings is 1. The van der Waals surface area contributed by atoms with Crippen molar-refractivity contribution in [2.45, 2.75) is 32.2 Å². The molecule has 0 bridgehead atoms. The van der Waals surface area contributed by atoms with Crippen LogP contribution in [-0.2, 0) is 7.05 Å². The van der Waals surface area contributed by atoms with Crippen LogP contribution in [0.5, 0.6) is 0 Å². The highest BCUT2D eigenvalue weighted by Crippen LogP contribution is 2.22. The number of carbonyl (C=O) groups is 1.